The van der Waals surface area contributed by atoms with E-state index in [0.717, 1.165) is 49.8 Å². The summed E-state index contributed by atoms with van der Waals surface area (Å²) in [5.74, 6) is 0.697. The van der Waals surface area contributed by atoms with Gasteiger partial charge in [-0.05, 0) is 99.5 Å². The van der Waals surface area contributed by atoms with Gasteiger partial charge >= 0.3 is 5.97 Å². The number of aliphatic carboxylic acids is 1. The van der Waals surface area contributed by atoms with Gasteiger partial charge in [-0.3, -0.25) is 9.59 Å². The Bertz CT molecular complexity index is 899. The molecule has 5 nitrogen and oxygen atoms in total. The topological polar surface area (TPSA) is 86.6 Å². The van der Waals surface area contributed by atoms with Gasteiger partial charge in [0, 0.05) is 11.3 Å². The summed E-state index contributed by atoms with van der Waals surface area (Å²) in [5.41, 5.74) is 0.985. The number of anilines is 1. The Morgan fingerprint density at radius 1 is 1.13 bits per heavy atom. The van der Waals surface area contributed by atoms with Crippen molar-refractivity contribution in [2.24, 2.45) is 34.5 Å². The van der Waals surface area contributed by atoms with Crippen molar-refractivity contribution in [2.45, 2.75) is 77.4 Å². The van der Waals surface area contributed by atoms with E-state index in [0.29, 0.717) is 30.6 Å². The minimum absolute atomic E-state index is 0.0239. The second kappa shape index (κ2) is 7.33. The third kappa shape index (κ3) is 3.14. The molecule has 1 aromatic rings. The molecule has 0 saturated heterocycles. The molecule has 0 bridgehead atoms. The smallest absolute Gasteiger partial charge is 0.309 e. The van der Waals surface area contributed by atoms with Crippen molar-refractivity contribution in [3.63, 3.8) is 0 Å². The number of carbonyl (C=O) groups excluding carboxylic acids is 1. The molecule has 1 aliphatic heterocycles. The van der Waals surface area contributed by atoms with Crippen LogP contribution in [0.1, 0.15) is 75.6 Å². The third-order valence-corrected chi connectivity index (χ3v) is 9.84. The molecule has 0 aromatic heterocycles. The Kier molecular flexibility index (Phi) is 4.96. The number of fused-ring (bicyclic) bond motifs is 4. The van der Waals surface area contributed by atoms with Gasteiger partial charge in [-0.1, -0.05) is 19.1 Å². The average Bonchev–Trinajstić information content (AvgIpc) is 3.06. The van der Waals surface area contributed by atoms with Crippen LogP contribution in [0.5, 0.6) is 0 Å². The van der Waals surface area contributed by atoms with Crippen molar-refractivity contribution in [3.8, 4) is 0 Å². The molecule has 1 aromatic carbocycles. The molecule has 0 unspecified atom stereocenters. The van der Waals surface area contributed by atoms with Crippen molar-refractivity contribution in [3.05, 3.63) is 29.8 Å². The predicted octanol–water partition coefficient (Wildman–Crippen LogP) is 4.75. The highest BCUT2D eigenvalue weighted by molar-refractivity contribution is 6.10. The van der Waals surface area contributed by atoms with Gasteiger partial charge in [0.2, 0.25) is 0 Å². The summed E-state index contributed by atoms with van der Waals surface area (Å²) in [6.07, 6.45) is 6.87. The molecule has 3 saturated carbocycles. The Morgan fingerprint density at radius 2 is 1.90 bits per heavy atom. The van der Waals surface area contributed by atoms with Gasteiger partial charge in [0.25, 0.3) is 0 Å². The fourth-order valence-electron chi connectivity index (χ4n) is 7.94. The fourth-order valence-corrected chi connectivity index (χ4v) is 7.94. The van der Waals surface area contributed by atoms with Crippen LogP contribution >= 0.6 is 0 Å². The number of para-hydroxylation sites is 1. The first-order chi connectivity index (χ1) is 14.7. The van der Waals surface area contributed by atoms with Gasteiger partial charge < -0.3 is 15.5 Å². The van der Waals surface area contributed by atoms with E-state index in [1.54, 1.807) is 0 Å². The van der Waals surface area contributed by atoms with Crippen molar-refractivity contribution < 1.29 is 19.8 Å². The molecule has 3 aliphatic carbocycles. The number of benzene rings is 1. The second-order valence-electron chi connectivity index (χ2n) is 11.2. The maximum absolute atomic E-state index is 13.1. The number of carboxylic acid groups (broad SMARTS) is 1. The van der Waals surface area contributed by atoms with Crippen molar-refractivity contribution in [2.75, 3.05) is 5.32 Å². The molecule has 0 amide bonds. The highest BCUT2D eigenvalue weighted by Gasteiger charge is 2.59. The first-order valence-corrected chi connectivity index (χ1v) is 12.1. The summed E-state index contributed by atoms with van der Waals surface area (Å²) in [5, 5.41) is 23.9. The average molecular weight is 426 g/mol. The van der Waals surface area contributed by atoms with Crippen molar-refractivity contribution >= 4 is 17.4 Å². The maximum atomic E-state index is 13.1. The van der Waals surface area contributed by atoms with Crippen LogP contribution in [0.2, 0.25) is 0 Å². The molecule has 0 spiro atoms. The number of hydrogen-bond acceptors (Lipinski definition) is 4. The lowest BCUT2D eigenvalue weighted by atomic mass is 9.44. The number of hydrogen-bond donors (Lipinski definition) is 3. The van der Waals surface area contributed by atoms with Gasteiger partial charge in [0.1, 0.15) is 0 Å². The zero-order valence-electron chi connectivity index (χ0n) is 18.6. The largest absolute Gasteiger partial charge is 0.481 e. The highest BCUT2D eigenvalue weighted by Crippen LogP contribution is 2.63. The number of ketones is 1. The minimum atomic E-state index is -0.796. The quantitative estimate of drug-likeness (QED) is 0.651. The normalized spacial score (nSPS) is 44.0. The summed E-state index contributed by atoms with van der Waals surface area (Å²) < 4.78 is 0. The van der Waals surface area contributed by atoms with Crippen molar-refractivity contribution in [1.29, 1.82) is 0 Å². The molecule has 3 fully saturated rings. The van der Waals surface area contributed by atoms with E-state index < -0.39 is 11.4 Å². The third-order valence-electron chi connectivity index (χ3n) is 9.84. The standard InChI is InChI=1S/C26H35NO4/c1-25-11-9-16(28)13-15(25)7-8-17-19(25)10-12-26(2,24(30)31)20(17)14-22-23(29)18-5-3-4-6-21(18)27-22/h3-6,15-17,19-20,22,27-28H,7-14H2,1-2H3,(H,30,31)/t15-,16-,17+,19-,20+,22+,25+,26+/m0/s1. The zero-order chi connectivity index (χ0) is 22.0. The van der Waals surface area contributed by atoms with Crippen LogP contribution in [0.25, 0.3) is 0 Å². The fraction of sp³-hybridized carbons (Fsp3) is 0.692. The molecular weight excluding hydrogens is 390 g/mol. The molecule has 0 radical (unpaired) electrons. The van der Waals surface area contributed by atoms with Crippen LogP contribution in [-0.2, 0) is 4.79 Å². The number of Topliss-reactive ketones (excluding diaryl/α,β-unsaturated/α-hetero) is 1. The summed E-state index contributed by atoms with van der Waals surface area (Å²) in [6.45, 7) is 4.32. The first-order valence-electron chi connectivity index (χ1n) is 12.1. The minimum Gasteiger partial charge on any atom is -0.481 e. The molecule has 5 rings (SSSR count). The molecule has 8 atom stereocenters. The van der Waals surface area contributed by atoms with E-state index in [1.165, 1.54) is 0 Å². The van der Waals surface area contributed by atoms with E-state index in [9.17, 15) is 19.8 Å². The Labute approximate surface area is 184 Å². The van der Waals surface area contributed by atoms with Gasteiger partial charge in [0.15, 0.2) is 5.78 Å². The summed E-state index contributed by atoms with van der Waals surface area (Å²) in [7, 11) is 0. The number of carbonyl (C=O) groups is 2. The van der Waals surface area contributed by atoms with E-state index in [1.807, 2.05) is 31.2 Å². The number of rotatable bonds is 3. The Balaban J connectivity index is 1.45. The van der Waals surface area contributed by atoms with Crippen molar-refractivity contribution in [1.82, 2.24) is 0 Å². The van der Waals surface area contributed by atoms with E-state index >= 15 is 0 Å². The van der Waals surface area contributed by atoms with Crippen LogP contribution < -0.4 is 5.32 Å². The lowest BCUT2D eigenvalue weighted by molar-refractivity contribution is -0.170. The van der Waals surface area contributed by atoms with Crippen LogP contribution in [0.3, 0.4) is 0 Å². The summed E-state index contributed by atoms with van der Waals surface area (Å²) in [4.78, 5) is 25.6. The molecule has 1 heterocycles. The summed E-state index contributed by atoms with van der Waals surface area (Å²) >= 11 is 0. The first kappa shape index (κ1) is 21.0. The number of nitrogens with one attached hydrogen (secondary N) is 1. The van der Waals surface area contributed by atoms with Gasteiger partial charge in [-0.15, -0.1) is 0 Å². The lowest BCUT2D eigenvalue weighted by Gasteiger charge is -2.60. The van der Waals surface area contributed by atoms with Gasteiger partial charge in [-0.25, -0.2) is 0 Å². The maximum Gasteiger partial charge on any atom is 0.309 e. The number of aliphatic hydroxyl groups is 1. The Hall–Kier alpha value is -1.88. The van der Waals surface area contributed by atoms with E-state index in [4.69, 9.17) is 0 Å². The van der Waals surface area contributed by atoms with Gasteiger partial charge in [-0.2, -0.15) is 0 Å². The van der Waals surface area contributed by atoms with Gasteiger partial charge in [0.05, 0.1) is 17.6 Å². The molecule has 5 heteroatoms. The molecule has 4 aliphatic rings. The monoisotopic (exact) mass is 425 g/mol. The predicted molar refractivity (Wildman–Crippen MR) is 119 cm³/mol. The molecular formula is C26H35NO4. The van der Waals surface area contributed by atoms with Crippen LogP contribution in [0.15, 0.2) is 24.3 Å². The SMILES string of the molecule is C[C@@]12CC[C@H](O)C[C@@H]1CC[C@H]1[C@@H](C[C@H]3Nc4ccccc4C3=O)[C@](C)(C(=O)O)CC[C@@H]12. The molecule has 168 valence electrons. The highest BCUT2D eigenvalue weighted by atomic mass is 16.4. The molecule has 3 N–H and O–H groups in total. The van der Waals surface area contributed by atoms with Crippen LogP contribution in [-0.4, -0.2) is 34.1 Å². The second-order valence-corrected chi connectivity index (χ2v) is 11.2. The Morgan fingerprint density at radius 3 is 2.65 bits per heavy atom. The van der Waals surface area contributed by atoms with Crippen LogP contribution in [0.4, 0.5) is 5.69 Å². The zero-order valence-corrected chi connectivity index (χ0v) is 18.6. The number of carboxylic acids is 1. The molecule has 31 heavy (non-hydrogen) atoms. The summed E-state index contributed by atoms with van der Waals surface area (Å²) in [6, 6.07) is 7.29. The lowest BCUT2D eigenvalue weighted by Crippen LogP contribution is -2.56. The van der Waals surface area contributed by atoms with Crippen LogP contribution in [0, 0.1) is 34.5 Å². The van der Waals surface area contributed by atoms with E-state index in [-0.39, 0.29) is 29.3 Å². The number of aliphatic hydroxyl groups excluding tert-OH is 1. The van der Waals surface area contributed by atoms with E-state index in [2.05, 4.69) is 12.2 Å².